The molecule has 3 aromatic rings. The summed E-state index contributed by atoms with van der Waals surface area (Å²) in [5, 5.41) is 1.34. The van der Waals surface area contributed by atoms with Gasteiger partial charge in [0.1, 0.15) is 0 Å². The summed E-state index contributed by atoms with van der Waals surface area (Å²) in [7, 11) is 0. The highest BCUT2D eigenvalue weighted by Crippen LogP contribution is 2.17. The number of nitrogens with zero attached hydrogens (tertiary/aromatic N) is 1. The van der Waals surface area contributed by atoms with Crippen LogP contribution in [0.1, 0.15) is 5.56 Å². The molecule has 0 aliphatic heterocycles. The van der Waals surface area contributed by atoms with Gasteiger partial charge in [-0.25, -0.2) is 0 Å². The van der Waals surface area contributed by atoms with Crippen molar-refractivity contribution < 1.29 is 0 Å². The number of rotatable bonds is 2. The predicted molar refractivity (Wildman–Crippen MR) is 78.8 cm³/mol. The van der Waals surface area contributed by atoms with Gasteiger partial charge in [-0.15, -0.1) is 0 Å². The molecule has 0 spiro atoms. The SMILES string of the molecule is O=c1ccn(Cc2ccccc2)c2cc(Cl)ccc12. The Morgan fingerprint density at radius 3 is 2.58 bits per heavy atom. The summed E-state index contributed by atoms with van der Waals surface area (Å²) in [5.74, 6) is 0. The van der Waals surface area contributed by atoms with Gasteiger partial charge in [0.05, 0.1) is 5.52 Å². The Hall–Kier alpha value is -2.06. The molecule has 0 amide bonds. The van der Waals surface area contributed by atoms with Crippen molar-refractivity contribution in [3.63, 3.8) is 0 Å². The Morgan fingerprint density at radius 2 is 1.79 bits per heavy atom. The quantitative estimate of drug-likeness (QED) is 0.695. The van der Waals surface area contributed by atoms with E-state index < -0.39 is 0 Å². The van der Waals surface area contributed by atoms with Gasteiger partial charge in [-0.2, -0.15) is 0 Å². The number of fused-ring (bicyclic) bond motifs is 1. The zero-order valence-electron chi connectivity index (χ0n) is 10.2. The fraction of sp³-hybridized carbons (Fsp3) is 0.0625. The van der Waals surface area contributed by atoms with Crippen LogP contribution in [0.2, 0.25) is 5.02 Å². The van der Waals surface area contributed by atoms with E-state index >= 15 is 0 Å². The monoisotopic (exact) mass is 269 g/mol. The lowest BCUT2D eigenvalue weighted by molar-refractivity contribution is 0.826. The highest BCUT2D eigenvalue weighted by Gasteiger charge is 2.04. The second-order valence-electron chi connectivity index (χ2n) is 4.45. The molecule has 0 bridgehead atoms. The third-order valence-electron chi connectivity index (χ3n) is 3.14. The van der Waals surface area contributed by atoms with Crippen LogP contribution < -0.4 is 5.43 Å². The zero-order valence-corrected chi connectivity index (χ0v) is 11.0. The number of halogens is 1. The third-order valence-corrected chi connectivity index (χ3v) is 3.37. The van der Waals surface area contributed by atoms with E-state index in [0.717, 1.165) is 12.1 Å². The van der Waals surface area contributed by atoms with Crippen molar-refractivity contribution >= 4 is 22.5 Å². The summed E-state index contributed by atoms with van der Waals surface area (Å²) < 4.78 is 2.04. The first kappa shape index (κ1) is 12.0. The Bertz CT molecular complexity index is 778. The second kappa shape index (κ2) is 4.90. The molecule has 94 valence electrons. The molecule has 1 heterocycles. The maximum absolute atomic E-state index is 11.8. The lowest BCUT2D eigenvalue weighted by Crippen LogP contribution is -2.08. The predicted octanol–water partition coefficient (Wildman–Crippen LogP) is 3.70. The van der Waals surface area contributed by atoms with Gasteiger partial charge in [-0.3, -0.25) is 4.79 Å². The molecule has 0 N–H and O–H groups in total. The minimum absolute atomic E-state index is 0.0241. The topological polar surface area (TPSA) is 22.0 Å². The van der Waals surface area contributed by atoms with Crippen LogP contribution in [0.4, 0.5) is 0 Å². The van der Waals surface area contributed by atoms with Crippen LogP contribution in [0.3, 0.4) is 0 Å². The molecule has 3 heteroatoms. The van der Waals surface area contributed by atoms with E-state index in [2.05, 4.69) is 12.1 Å². The standard InChI is InChI=1S/C16H12ClNO/c17-13-6-7-14-15(10-13)18(9-8-16(14)19)11-12-4-2-1-3-5-12/h1-10H,11H2. The van der Waals surface area contributed by atoms with Crippen LogP contribution in [0, 0.1) is 0 Å². The smallest absolute Gasteiger partial charge is 0.189 e. The molecule has 0 saturated carbocycles. The van der Waals surface area contributed by atoms with Crippen molar-refractivity contribution in [3.8, 4) is 0 Å². The fourth-order valence-corrected chi connectivity index (χ4v) is 2.36. The lowest BCUT2D eigenvalue weighted by atomic mass is 10.2. The van der Waals surface area contributed by atoms with E-state index in [-0.39, 0.29) is 5.43 Å². The van der Waals surface area contributed by atoms with Gasteiger partial charge in [0, 0.05) is 29.2 Å². The molecule has 1 aromatic heterocycles. The van der Waals surface area contributed by atoms with Crippen LogP contribution in [0.25, 0.3) is 10.9 Å². The van der Waals surface area contributed by atoms with Crippen molar-refractivity contribution in [2.45, 2.75) is 6.54 Å². The van der Waals surface area contributed by atoms with Gasteiger partial charge in [0.25, 0.3) is 0 Å². The van der Waals surface area contributed by atoms with Gasteiger partial charge in [0.15, 0.2) is 5.43 Å². The first-order valence-corrected chi connectivity index (χ1v) is 6.44. The lowest BCUT2D eigenvalue weighted by Gasteiger charge is -2.11. The van der Waals surface area contributed by atoms with E-state index in [1.54, 1.807) is 18.2 Å². The Kier molecular flexibility index (Phi) is 3.10. The minimum atomic E-state index is 0.0241. The van der Waals surface area contributed by atoms with Gasteiger partial charge >= 0.3 is 0 Å². The van der Waals surface area contributed by atoms with Crippen molar-refractivity contribution in [2.75, 3.05) is 0 Å². The number of hydrogen-bond acceptors (Lipinski definition) is 1. The summed E-state index contributed by atoms with van der Waals surface area (Å²) in [6, 6.07) is 17.1. The molecule has 0 fully saturated rings. The van der Waals surface area contributed by atoms with Gasteiger partial charge < -0.3 is 4.57 Å². The summed E-state index contributed by atoms with van der Waals surface area (Å²) in [6.45, 7) is 0.720. The van der Waals surface area contributed by atoms with Crippen molar-refractivity contribution in [1.82, 2.24) is 4.57 Å². The molecule has 0 aliphatic rings. The van der Waals surface area contributed by atoms with Crippen molar-refractivity contribution in [3.05, 3.63) is 81.6 Å². The van der Waals surface area contributed by atoms with Crippen LogP contribution in [0.15, 0.2) is 65.6 Å². The summed E-state index contributed by atoms with van der Waals surface area (Å²) in [5.41, 5.74) is 2.08. The highest BCUT2D eigenvalue weighted by molar-refractivity contribution is 6.31. The third kappa shape index (κ3) is 2.40. The largest absolute Gasteiger partial charge is 0.343 e. The molecule has 0 unspecified atom stereocenters. The van der Waals surface area contributed by atoms with E-state index in [9.17, 15) is 4.79 Å². The van der Waals surface area contributed by atoms with E-state index in [1.165, 1.54) is 5.56 Å². The normalized spacial score (nSPS) is 10.8. The van der Waals surface area contributed by atoms with Crippen molar-refractivity contribution in [2.24, 2.45) is 0 Å². The van der Waals surface area contributed by atoms with E-state index in [0.29, 0.717) is 10.4 Å². The number of pyridine rings is 1. The Balaban J connectivity index is 2.16. The second-order valence-corrected chi connectivity index (χ2v) is 4.89. The summed E-state index contributed by atoms with van der Waals surface area (Å²) >= 11 is 6.03. The van der Waals surface area contributed by atoms with Crippen LogP contribution in [-0.2, 0) is 6.54 Å². The molecule has 0 aliphatic carbocycles. The molecule has 3 rings (SSSR count). The molecule has 0 saturated heterocycles. The van der Waals surface area contributed by atoms with E-state index in [1.807, 2.05) is 35.0 Å². The van der Waals surface area contributed by atoms with Crippen LogP contribution >= 0.6 is 11.6 Å². The van der Waals surface area contributed by atoms with Gasteiger partial charge in [-0.1, -0.05) is 41.9 Å². The van der Waals surface area contributed by atoms with Crippen LogP contribution in [-0.4, -0.2) is 4.57 Å². The first-order chi connectivity index (χ1) is 9.24. The first-order valence-electron chi connectivity index (χ1n) is 6.07. The van der Waals surface area contributed by atoms with Crippen molar-refractivity contribution in [1.29, 1.82) is 0 Å². The summed E-state index contributed by atoms with van der Waals surface area (Å²) in [4.78, 5) is 11.8. The number of benzene rings is 2. The Labute approximate surface area is 115 Å². The van der Waals surface area contributed by atoms with Gasteiger partial charge in [-0.05, 0) is 23.8 Å². The molecule has 0 atom stereocenters. The molecule has 0 radical (unpaired) electrons. The van der Waals surface area contributed by atoms with Gasteiger partial charge in [0.2, 0.25) is 0 Å². The molecule has 2 aromatic carbocycles. The number of hydrogen-bond donors (Lipinski definition) is 0. The molecular weight excluding hydrogens is 258 g/mol. The summed E-state index contributed by atoms with van der Waals surface area (Å²) in [6.07, 6.45) is 1.81. The minimum Gasteiger partial charge on any atom is -0.343 e. The maximum Gasteiger partial charge on any atom is 0.189 e. The molecule has 19 heavy (non-hydrogen) atoms. The van der Waals surface area contributed by atoms with E-state index in [4.69, 9.17) is 11.6 Å². The molecule has 2 nitrogen and oxygen atoms in total. The maximum atomic E-state index is 11.8. The highest BCUT2D eigenvalue weighted by atomic mass is 35.5. The average Bonchev–Trinajstić information content (AvgIpc) is 2.43. The zero-order chi connectivity index (χ0) is 13.2. The fourth-order valence-electron chi connectivity index (χ4n) is 2.20. The Morgan fingerprint density at radius 1 is 1.00 bits per heavy atom. The van der Waals surface area contributed by atoms with Crippen LogP contribution in [0.5, 0.6) is 0 Å². The number of aromatic nitrogens is 1. The molecular formula is C16H12ClNO. The average molecular weight is 270 g/mol.